The smallest absolute Gasteiger partial charge is 0.341 e. The summed E-state index contributed by atoms with van der Waals surface area (Å²) in [7, 11) is 0. The van der Waals surface area contributed by atoms with Gasteiger partial charge in [0.05, 0.1) is 12.6 Å². The molecule has 2 N–H and O–H groups in total. The molecule has 0 heterocycles. The average molecular weight is 357 g/mol. The van der Waals surface area contributed by atoms with Gasteiger partial charge in [0.15, 0.2) is 6.61 Å². The minimum absolute atomic E-state index is 0.0413. The van der Waals surface area contributed by atoms with Crippen molar-refractivity contribution in [3.8, 4) is 11.5 Å². The molecule has 6 heteroatoms. The third kappa shape index (κ3) is 6.84. The van der Waals surface area contributed by atoms with Crippen LogP contribution >= 0.6 is 0 Å². The van der Waals surface area contributed by atoms with Gasteiger partial charge in [-0.3, -0.25) is 4.79 Å². The van der Waals surface area contributed by atoms with Crippen LogP contribution in [0.2, 0.25) is 0 Å². The molecule has 0 spiro atoms. The quantitative estimate of drug-likeness (QED) is 0.638. The van der Waals surface area contributed by atoms with Gasteiger partial charge in [-0.2, -0.15) is 0 Å². The summed E-state index contributed by atoms with van der Waals surface area (Å²) in [5.41, 5.74) is 0.918. The number of hydrogen-bond donors (Lipinski definition) is 2. The lowest BCUT2D eigenvalue weighted by molar-refractivity contribution is -0.139. The van der Waals surface area contributed by atoms with Crippen molar-refractivity contribution in [2.45, 2.75) is 25.8 Å². The summed E-state index contributed by atoms with van der Waals surface area (Å²) >= 11 is 0. The summed E-state index contributed by atoms with van der Waals surface area (Å²) < 4.78 is 10.6. The second-order valence-corrected chi connectivity index (χ2v) is 5.81. The van der Waals surface area contributed by atoms with Gasteiger partial charge in [0, 0.05) is 6.42 Å². The highest BCUT2D eigenvalue weighted by Crippen LogP contribution is 2.18. The zero-order chi connectivity index (χ0) is 18.8. The van der Waals surface area contributed by atoms with Gasteiger partial charge < -0.3 is 19.9 Å². The molecule has 2 aromatic carbocycles. The third-order valence-corrected chi connectivity index (χ3v) is 3.68. The lowest BCUT2D eigenvalue weighted by atomic mass is 10.1. The molecule has 0 aliphatic heterocycles. The summed E-state index contributed by atoms with van der Waals surface area (Å²) in [4.78, 5) is 22.5. The standard InChI is InChI=1S/C20H23NO5/c1-15(16-9-11-18(12-10-16)26-14-20(23)24)21-19(22)8-5-13-25-17-6-3-2-4-7-17/h2-4,6-7,9-12,15H,5,8,13-14H2,1H3,(H,21,22)(H,23,24). The maximum atomic E-state index is 12.0. The van der Waals surface area contributed by atoms with Crippen LogP contribution in [0, 0.1) is 0 Å². The van der Waals surface area contributed by atoms with E-state index in [0.717, 1.165) is 11.3 Å². The molecule has 2 aromatic rings. The number of ether oxygens (including phenoxy) is 2. The molecule has 0 saturated heterocycles. The van der Waals surface area contributed by atoms with Crippen molar-refractivity contribution >= 4 is 11.9 Å². The minimum atomic E-state index is -1.02. The van der Waals surface area contributed by atoms with E-state index in [2.05, 4.69) is 5.32 Å². The zero-order valence-corrected chi connectivity index (χ0v) is 14.7. The monoisotopic (exact) mass is 357 g/mol. The second-order valence-electron chi connectivity index (χ2n) is 5.81. The molecule has 1 amide bonds. The lowest BCUT2D eigenvalue weighted by Crippen LogP contribution is -2.26. The van der Waals surface area contributed by atoms with E-state index in [4.69, 9.17) is 14.6 Å². The van der Waals surface area contributed by atoms with Gasteiger partial charge in [-0.15, -0.1) is 0 Å². The van der Waals surface area contributed by atoms with Crippen LogP contribution in [-0.2, 0) is 9.59 Å². The summed E-state index contributed by atoms with van der Waals surface area (Å²) in [6.07, 6.45) is 1.02. The molecule has 26 heavy (non-hydrogen) atoms. The number of rotatable bonds is 10. The first-order chi connectivity index (χ1) is 12.5. The number of para-hydroxylation sites is 1. The van der Waals surface area contributed by atoms with Crippen molar-refractivity contribution in [3.05, 3.63) is 60.2 Å². The number of carboxylic acid groups (broad SMARTS) is 1. The van der Waals surface area contributed by atoms with E-state index in [1.165, 1.54) is 0 Å². The number of carbonyl (C=O) groups is 2. The summed E-state index contributed by atoms with van der Waals surface area (Å²) in [6.45, 7) is 2.00. The van der Waals surface area contributed by atoms with Crippen molar-refractivity contribution < 1.29 is 24.2 Å². The molecular formula is C20H23NO5. The van der Waals surface area contributed by atoms with E-state index in [-0.39, 0.29) is 18.6 Å². The normalized spacial score (nSPS) is 11.4. The molecule has 1 atom stereocenters. The Morgan fingerprint density at radius 3 is 2.31 bits per heavy atom. The maximum Gasteiger partial charge on any atom is 0.341 e. The minimum Gasteiger partial charge on any atom is -0.494 e. The van der Waals surface area contributed by atoms with Gasteiger partial charge in [0.25, 0.3) is 0 Å². The van der Waals surface area contributed by atoms with Crippen LogP contribution in [0.5, 0.6) is 11.5 Å². The van der Waals surface area contributed by atoms with E-state index in [1.807, 2.05) is 37.3 Å². The van der Waals surface area contributed by atoms with E-state index >= 15 is 0 Å². The Morgan fingerprint density at radius 1 is 1.00 bits per heavy atom. The molecule has 0 aromatic heterocycles. The predicted octanol–water partition coefficient (Wildman–Crippen LogP) is 3.19. The van der Waals surface area contributed by atoms with Gasteiger partial charge >= 0.3 is 5.97 Å². The Hall–Kier alpha value is -3.02. The van der Waals surface area contributed by atoms with Crippen molar-refractivity contribution in [1.29, 1.82) is 0 Å². The maximum absolute atomic E-state index is 12.0. The van der Waals surface area contributed by atoms with Crippen LogP contribution in [0.3, 0.4) is 0 Å². The Labute approximate surface area is 152 Å². The van der Waals surface area contributed by atoms with Crippen LogP contribution < -0.4 is 14.8 Å². The molecule has 0 saturated carbocycles. The third-order valence-electron chi connectivity index (χ3n) is 3.68. The molecule has 0 radical (unpaired) electrons. The van der Waals surface area contributed by atoms with E-state index in [1.54, 1.807) is 24.3 Å². The Morgan fingerprint density at radius 2 is 1.65 bits per heavy atom. The molecule has 2 rings (SSSR count). The first-order valence-electron chi connectivity index (χ1n) is 8.46. The van der Waals surface area contributed by atoms with Crippen molar-refractivity contribution in [3.63, 3.8) is 0 Å². The van der Waals surface area contributed by atoms with Crippen molar-refractivity contribution in [1.82, 2.24) is 5.32 Å². The fourth-order valence-corrected chi connectivity index (χ4v) is 2.33. The molecule has 0 aliphatic rings. The molecular weight excluding hydrogens is 334 g/mol. The zero-order valence-electron chi connectivity index (χ0n) is 14.7. The topological polar surface area (TPSA) is 84.9 Å². The molecule has 1 unspecified atom stereocenters. The fraction of sp³-hybridized carbons (Fsp3) is 0.300. The first-order valence-corrected chi connectivity index (χ1v) is 8.46. The van der Waals surface area contributed by atoms with Crippen molar-refractivity contribution in [2.24, 2.45) is 0 Å². The Bertz CT molecular complexity index is 700. The summed E-state index contributed by atoms with van der Waals surface area (Å²) in [5.74, 6) is 0.213. The SMILES string of the molecule is CC(NC(=O)CCCOc1ccccc1)c1ccc(OCC(=O)O)cc1. The second kappa shape index (κ2) is 10.1. The summed E-state index contributed by atoms with van der Waals surface area (Å²) in [5, 5.41) is 11.5. The number of aliphatic carboxylic acids is 1. The fourth-order valence-electron chi connectivity index (χ4n) is 2.33. The van der Waals surface area contributed by atoms with Gasteiger partial charge in [0.1, 0.15) is 11.5 Å². The van der Waals surface area contributed by atoms with Gasteiger partial charge in [-0.25, -0.2) is 4.79 Å². The number of carboxylic acids is 1. The number of benzene rings is 2. The van der Waals surface area contributed by atoms with Gasteiger partial charge in [-0.1, -0.05) is 30.3 Å². The Balaban J connectivity index is 1.70. The molecule has 0 aliphatic carbocycles. The molecule has 0 bridgehead atoms. The van der Waals surface area contributed by atoms with Crippen molar-refractivity contribution in [2.75, 3.05) is 13.2 Å². The lowest BCUT2D eigenvalue weighted by Gasteiger charge is -2.15. The summed E-state index contributed by atoms with van der Waals surface area (Å²) in [6, 6.07) is 16.3. The highest BCUT2D eigenvalue weighted by Gasteiger charge is 2.10. The highest BCUT2D eigenvalue weighted by atomic mass is 16.5. The number of carbonyl (C=O) groups excluding carboxylic acids is 1. The predicted molar refractivity (Wildman–Crippen MR) is 97.3 cm³/mol. The van der Waals surface area contributed by atoms with Crippen LogP contribution in [0.4, 0.5) is 0 Å². The van der Waals surface area contributed by atoms with E-state index in [0.29, 0.717) is 25.2 Å². The molecule has 138 valence electrons. The number of nitrogens with one attached hydrogen (secondary N) is 1. The van der Waals surface area contributed by atoms with Crippen LogP contribution in [-0.4, -0.2) is 30.2 Å². The van der Waals surface area contributed by atoms with Gasteiger partial charge in [-0.05, 0) is 43.2 Å². The first kappa shape index (κ1) is 19.3. The number of amides is 1. The van der Waals surface area contributed by atoms with Crippen LogP contribution in [0.15, 0.2) is 54.6 Å². The molecule has 0 fully saturated rings. The van der Waals surface area contributed by atoms with Crippen LogP contribution in [0.25, 0.3) is 0 Å². The van der Waals surface area contributed by atoms with Crippen LogP contribution in [0.1, 0.15) is 31.4 Å². The Kier molecular flexibility index (Phi) is 7.49. The molecule has 6 nitrogen and oxygen atoms in total. The average Bonchev–Trinajstić information content (AvgIpc) is 2.65. The number of hydrogen-bond acceptors (Lipinski definition) is 4. The van der Waals surface area contributed by atoms with E-state index in [9.17, 15) is 9.59 Å². The highest BCUT2D eigenvalue weighted by molar-refractivity contribution is 5.76. The van der Waals surface area contributed by atoms with Gasteiger partial charge in [0.2, 0.25) is 5.91 Å². The largest absolute Gasteiger partial charge is 0.494 e. The van der Waals surface area contributed by atoms with E-state index < -0.39 is 5.97 Å².